The lowest BCUT2D eigenvalue weighted by atomic mass is 10.0. The number of ketones is 1. The van der Waals surface area contributed by atoms with Crippen LogP contribution in [0.25, 0.3) is 0 Å². The molecule has 0 heterocycles. The maximum atomic E-state index is 12.5. The van der Waals surface area contributed by atoms with Gasteiger partial charge in [0.1, 0.15) is 5.75 Å². The zero-order valence-corrected chi connectivity index (χ0v) is 9.68. The molecule has 0 unspecified atom stereocenters. The Morgan fingerprint density at radius 3 is 2.33 bits per heavy atom. The van der Waals surface area contributed by atoms with Crippen LogP contribution >= 0.6 is 22.6 Å². The van der Waals surface area contributed by atoms with Crippen LogP contribution in [0.15, 0.2) is 12.1 Å². The summed E-state index contributed by atoms with van der Waals surface area (Å²) in [5.41, 5.74) is -1.78. The van der Waals surface area contributed by atoms with Crippen LogP contribution in [0, 0.1) is 3.57 Å². The molecule has 1 rings (SSSR count). The Morgan fingerprint density at radius 2 is 1.93 bits per heavy atom. The second kappa shape index (κ2) is 3.99. The minimum absolute atomic E-state index is 0.224. The number of rotatable bonds is 1. The van der Waals surface area contributed by atoms with Crippen LogP contribution in [-0.4, -0.2) is 10.9 Å². The zero-order valence-electron chi connectivity index (χ0n) is 7.52. The molecule has 1 N–H and O–H groups in total. The molecule has 0 amide bonds. The van der Waals surface area contributed by atoms with Crippen molar-refractivity contribution in [3.8, 4) is 5.75 Å². The third kappa shape index (κ3) is 2.61. The maximum absolute atomic E-state index is 12.5. The SMILES string of the molecule is CC(=O)c1c(O)cc(I)cc1C(F)(F)F. The van der Waals surface area contributed by atoms with E-state index in [-0.39, 0.29) is 3.57 Å². The van der Waals surface area contributed by atoms with E-state index in [4.69, 9.17) is 0 Å². The number of phenols is 1. The fraction of sp³-hybridized carbons (Fsp3) is 0.222. The van der Waals surface area contributed by atoms with Gasteiger partial charge in [-0.25, -0.2) is 0 Å². The Labute approximate surface area is 97.2 Å². The van der Waals surface area contributed by atoms with Gasteiger partial charge in [-0.2, -0.15) is 13.2 Å². The molecule has 0 aliphatic heterocycles. The number of carbonyl (C=O) groups is 1. The first kappa shape index (κ1) is 12.3. The van der Waals surface area contributed by atoms with Gasteiger partial charge in [0.2, 0.25) is 0 Å². The topological polar surface area (TPSA) is 37.3 Å². The van der Waals surface area contributed by atoms with E-state index in [0.29, 0.717) is 0 Å². The molecule has 6 heteroatoms. The van der Waals surface area contributed by atoms with E-state index in [2.05, 4.69) is 0 Å². The highest BCUT2D eigenvalue weighted by Gasteiger charge is 2.36. The van der Waals surface area contributed by atoms with Crippen molar-refractivity contribution in [3.05, 3.63) is 26.8 Å². The van der Waals surface area contributed by atoms with Gasteiger partial charge in [-0.05, 0) is 41.6 Å². The Bertz CT molecular complexity index is 413. The maximum Gasteiger partial charge on any atom is 0.417 e. The molecule has 0 spiro atoms. The van der Waals surface area contributed by atoms with Gasteiger partial charge >= 0.3 is 6.18 Å². The van der Waals surface area contributed by atoms with Gasteiger partial charge in [0, 0.05) is 3.57 Å². The molecule has 2 nitrogen and oxygen atoms in total. The molecule has 0 saturated heterocycles. The van der Waals surface area contributed by atoms with E-state index in [1.165, 1.54) is 0 Å². The summed E-state index contributed by atoms with van der Waals surface area (Å²) in [6.45, 7) is 0.983. The van der Waals surface area contributed by atoms with Crippen molar-refractivity contribution in [1.82, 2.24) is 0 Å². The molecular weight excluding hydrogens is 324 g/mol. The first-order valence-corrected chi connectivity index (χ1v) is 4.92. The summed E-state index contributed by atoms with van der Waals surface area (Å²) < 4.78 is 37.7. The van der Waals surface area contributed by atoms with Crippen LogP contribution in [0.4, 0.5) is 13.2 Å². The smallest absolute Gasteiger partial charge is 0.417 e. The van der Waals surface area contributed by atoms with Crippen LogP contribution in [-0.2, 0) is 6.18 Å². The summed E-state index contributed by atoms with van der Waals surface area (Å²) in [5.74, 6) is -1.45. The lowest BCUT2D eigenvalue weighted by molar-refractivity contribution is -0.138. The number of halogens is 4. The number of aromatic hydroxyl groups is 1. The molecule has 0 atom stereocenters. The first-order chi connectivity index (χ1) is 6.73. The Morgan fingerprint density at radius 1 is 1.40 bits per heavy atom. The minimum Gasteiger partial charge on any atom is -0.507 e. The second-order valence-corrected chi connectivity index (χ2v) is 4.15. The van der Waals surface area contributed by atoms with Gasteiger partial charge < -0.3 is 5.11 Å². The normalized spacial score (nSPS) is 11.5. The van der Waals surface area contributed by atoms with E-state index < -0.39 is 28.8 Å². The molecular formula is C9H6F3IO2. The monoisotopic (exact) mass is 330 g/mol. The van der Waals surface area contributed by atoms with Crippen molar-refractivity contribution in [2.24, 2.45) is 0 Å². The largest absolute Gasteiger partial charge is 0.507 e. The molecule has 0 fully saturated rings. The summed E-state index contributed by atoms with van der Waals surface area (Å²) in [6.07, 6.45) is -4.64. The summed E-state index contributed by atoms with van der Waals surface area (Å²) in [5, 5.41) is 9.28. The molecule has 0 saturated carbocycles. The van der Waals surface area contributed by atoms with E-state index in [9.17, 15) is 23.1 Å². The van der Waals surface area contributed by atoms with Crippen molar-refractivity contribution < 1.29 is 23.1 Å². The summed E-state index contributed by atoms with van der Waals surface area (Å²) >= 11 is 1.64. The molecule has 0 radical (unpaired) electrons. The summed E-state index contributed by atoms with van der Waals surface area (Å²) in [6, 6.07) is 1.95. The molecule has 0 aliphatic carbocycles. The molecule has 15 heavy (non-hydrogen) atoms. The van der Waals surface area contributed by atoms with Crippen molar-refractivity contribution in [2.75, 3.05) is 0 Å². The fourth-order valence-electron chi connectivity index (χ4n) is 1.19. The Kier molecular flexibility index (Phi) is 3.27. The lowest BCUT2D eigenvalue weighted by Crippen LogP contribution is -2.12. The average Bonchev–Trinajstić information content (AvgIpc) is 1.99. The highest BCUT2D eigenvalue weighted by molar-refractivity contribution is 14.1. The summed E-state index contributed by atoms with van der Waals surface area (Å²) in [7, 11) is 0. The molecule has 1 aromatic rings. The van der Waals surface area contributed by atoms with Crippen LogP contribution < -0.4 is 0 Å². The third-order valence-corrected chi connectivity index (χ3v) is 2.36. The quantitative estimate of drug-likeness (QED) is 0.634. The van der Waals surface area contributed by atoms with E-state index in [1.54, 1.807) is 22.6 Å². The lowest BCUT2D eigenvalue weighted by Gasteiger charge is -2.12. The molecule has 0 bridgehead atoms. The highest BCUT2D eigenvalue weighted by Crippen LogP contribution is 2.37. The van der Waals surface area contributed by atoms with Gasteiger partial charge in [-0.3, -0.25) is 4.79 Å². The van der Waals surface area contributed by atoms with Crippen molar-refractivity contribution in [1.29, 1.82) is 0 Å². The minimum atomic E-state index is -4.64. The standard InChI is InChI=1S/C9H6F3IO2/c1-4(14)8-6(9(10,11)12)2-5(13)3-7(8)15/h2-3,15H,1H3. The molecule has 82 valence electrons. The van der Waals surface area contributed by atoms with Gasteiger partial charge in [-0.15, -0.1) is 0 Å². The highest BCUT2D eigenvalue weighted by atomic mass is 127. The zero-order chi connectivity index (χ0) is 11.8. The fourth-order valence-corrected chi connectivity index (χ4v) is 1.79. The van der Waals surface area contributed by atoms with E-state index in [1.807, 2.05) is 0 Å². The number of Topliss-reactive ketones (excluding diaryl/α,β-unsaturated/α-hetero) is 1. The van der Waals surface area contributed by atoms with Crippen LogP contribution in [0.3, 0.4) is 0 Å². The Balaban J connectivity index is 3.54. The number of carbonyl (C=O) groups excluding carboxylic acids is 1. The van der Waals surface area contributed by atoms with Crippen LogP contribution in [0.2, 0.25) is 0 Å². The molecule has 0 aliphatic rings. The number of hydrogen-bond donors (Lipinski definition) is 1. The first-order valence-electron chi connectivity index (χ1n) is 3.84. The number of hydrogen-bond acceptors (Lipinski definition) is 2. The average molecular weight is 330 g/mol. The van der Waals surface area contributed by atoms with Crippen molar-refractivity contribution >= 4 is 28.4 Å². The molecule has 1 aromatic carbocycles. The summed E-state index contributed by atoms with van der Waals surface area (Å²) in [4.78, 5) is 11.0. The van der Waals surface area contributed by atoms with Crippen LogP contribution in [0.5, 0.6) is 5.75 Å². The van der Waals surface area contributed by atoms with Crippen molar-refractivity contribution in [3.63, 3.8) is 0 Å². The molecule has 0 aromatic heterocycles. The van der Waals surface area contributed by atoms with Crippen LogP contribution in [0.1, 0.15) is 22.8 Å². The predicted octanol–water partition coefficient (Wildman–Crippen LogP) is 3.22. The van der Waals surface area contributed by atoms with E-state index in [0.717, 1.165) is 19.1 Å². The third-order valence-electron chi connectivity index (χ3n) is 1.74. The number of benzene rings is 1. The van der Waals surface area contributed by atoms with E-state index >= 15 is 0 Å². The number of alkyl halides is 3. The van der Waals surface area contributed by atoms with Crippen molar-refractivity contribution in [2.45, 2.75) is 13.1 Å². The number of phenolic OH excluding ortho intramolecular Hbond substituents is 1. The second-order valence-electron chi connectivity index (χ2n) is 2.90. The van der Waals surface area contributed by atoms with Gasteiger partial charge in [0.15, 0.2) is 5.78 Å². The van der Waals surface area contributed by atoms with Gasteiger partial charge in [0.05, 0.1) is 11.1 Å². The van der Waals surface area contributed by atoms with Gasteiger partial charge in [-0.1, -0.05) is 0 Å². The Hall–Kier alpha value is -0.790. The predicted molar refractivity (Wildman–Crippen MR) is 55.8 cm³/mol. The van der Waals surface area contributed by atoms with Gasteiger partial charge in [0.25, 0.3) is 0 Å².